The highest BCUT2D eigenvalue weighted by atomic mass is 15.1. The number of hydrogen-bond acceptors (Lipinski definition) is 1. The van der Waals surface area contributed by atoms with Gasteiger partial charge in [0, 0.05) is 19.8 Å². The molecule has 3 rings (SSSR count). The Balaban J connectivity index is 2.12. The summed E-state index contributed by atoms with van der Waals surface area (Å²) in [7, 11) is 4.30. The molecule has 0 saturated heterocycles. The van der Waals surface area contributed by atoms with Crippen LogP contribution < -0.4 is 4.90 Å². The number of benzene rings is 1. The third-order valence-corrected chi connectivity index (χ3v) is 10.4. The molecule has 2 fully saturated rings. The molecule has 0 bridgehead atoms. The van der Waals surface area contributed by atoms with Gasteiger partial charge in [-0.25, -0.2) is 0 Å². The van der Waals surface area contributed by atoms with Crippen LogP contribution in [-0.2, 0) is 0 Å². The highest BCUT2D eigenvalue weighted by Gasteiger charge is 2.58. The van der Waals surface area contributed by atoms with Gasteiger partial charge in [0.2, 0.25) is 0 Å². The molecule has 0 aromatic heterocycles. The zero-order valence-electron chi connectivity index (χ0n) is 22.2. The van der Waals surface area contributed by atoms with Crippen molar-refractivity contribution in [3.8, 4) is 0 Å². The number of hydrogen-bond donors (Lipinski definition) is 0. The Hall–Kier alpha value is -0.980. The van der Waals surface area contributed by atoms with Crippen molar-refractivity contribution in [2.45, 2.75) is 99.3 Å². The van der Waals surface area contributed by atoms with E-state index in [1.54, 1.807) is 5.56 Å². The molecule has 0 N–H and O–H groups in total. The first-order valence-electron chi connectivity index (χ1n) is 13.4. The van der Waals surface area contributed by atoms with Crippen molar-refractivity contribution in [2.75, 3.05) is 19.0 Å². The number of anilines is 1. The molecule has 0 radical (unpaired) electrons. The summed E-state index contributed by atoms with van der Waals surface area (Å²) in [5.74, 6) is 4.83. The van der Waals surface area contributed by atoms with Crippen molar-refractivity contribution in [1.82, 2.24) is 0 Å². The zero-order valence-corrected chi connectivity index (χ0v) is 22.2. The molecule has 7 atom stereocenters. The lowest BCUT2D eigenvalue weighted by atomic mass is 9.46. The van der Waals surface area contributed by atoms with Crippen LogP contribution in [0.5, 0.6) is 0 Å². The fourth-order valence-corrected chi connectivity index (χ4v) is 7.89. The van der Waals surface area contributed by atoms with Gasteiger partial charge in [0.15, 0.2) is 0 Å². The van der Waals surface area contributed by atoms with Gasteiger partial charge in [-0.2, -0.15) is 0 Å². The maximum atomic E-state index is 2.67. The van der Waals surface area contributed by atoms with Crippen LogP contribution in [0.25, 0.3) is 0 Å². The van der Waals surface area contributed by atoms with Gasteiger partial charge < -0.3 is 4.90 Å². The predicted octanol–water partition coefficient (Wildman–Crippen LogP) is 8.79. The second-order valence-corrected chi connectivity index (χ2v) is 12.2. The average molecular weight is 426 g/mol. The highest BCUT2D eigenvalue weighted by Crippen LogP contribution is 2.67. The Morgan fingerprint density at radius 2 is 1.74 bits per heavy atom. The van der Waals surface area contributed by atoms with Crippen LogP contribution in [-0.4, -0.2) is 14.1 Å². The van der Waals surface area contributed by atoms with Crippen LogP contribution in [0, 0.1) is 40.4 Å². The van der Waals surface area contributed by atoms with E-state index in [0.717, 1.165) is 29.6 Å². The summed E-state index contributed by atoms with van der Waals surface area (Å²) >= 11 is 0. The summed E-state index contributed by atoms with van der Waals surface area (Å²) in [5, 5.41) is 0. The lowest BCUT2D eigenvalue weighted by molar-refractivity contribution is -0.0751. The zero-order chi connectivity index (χ0) is 23.0. The van der Waals surface area contributed by atoms with E-state index in [1.807, 2.05) is 0 Å². The van der Waals surface area contributed by atoms with E-state index >= 15 is 0 Å². The molecule has 7 unspecified atom stereocenters. The van der Waals surface area contributed by atoms with E-state index < -0.39 is 0 Å². The molecule has 2 aliphatic rings. The monoisotopic (exact) mass is 425 g/mol. The Labute approximate surface area is 194 Å². The van der Waals surface area contributed by atoms with Gasteiger partial charge in [0.05, 0.1) is 0 Å². The van der Waals surface area contributed by atoms with Gasteiger partial charge in [-0.1, -0.05) is 79.9 Å². The average Bonchev–Trinajstić information content (AvgIpc) is 3.04. The summed E-state index contributed by atoms with van der Waals surface area (Å²) in [5.41, 5.74) is 3.84. The van der Waals surface area contributed by atoms with Crippen molar-refractivity contribution < 1.29 is 0 Å². The summed E-state index contributed by atoms with van der Waals surface area (Å²) in [4.78, 5) is 2.23. The minimum atomic E-state index is 0.411. The van der Waals surface area contributed by atoms with E-state index in [-0.39, 0.29) is 0 Å². The number of rotatable bonds is 8. The molecule has 0 spiro atoms. The maximum Gasteiger partial charge on any atom is 0.0361 e. The third kappa shape index (κ3) is 4.32. The largest absolute Gasteiger partial charge is 0.378 e. The topological polar surface area (TPSA) is 3.24 Å². The normalized spacial score (nSPS) is 35.1. The Morgan fingerprint density at radius 1 is 1.10 bits per heavy atom. The van der Waals surface area contributed by atoms with Crippen LogP contribution >= 0.6 is 0 Å². The van der Waals surface area contributed by atoms with E-state index in [0.29, 0.717) is 16.7 Å². The standard InChI is InChI=1S/C30H51N/c1-10-12-19-29(6,21(3)4)28-25(11-2)27-18-13-22(5)30(27,7)20-26(28)23-14-16-24(17-15-23)31(8)9/h14-17,21-22,25-28H,10-13,18-20H2,1-9H3. The molecule has 0 amide bonds. The molecule has 1 aromatic carbocycles. The van der Waals surface area contributed by atoms with Gasteiger partial charge >= 0.3 is 0 Å². The Bertz CT molecular complexity index is 704. The van der Waals surface area contributed by atoms with Gasteiger partial charge in [0.1, 0.15) is 0 Å². The lowest BCUT2D eigenvalue weighted by Crippen LogP contribution is -2.51. The molecule has 1 nitrogen and oxygen atoms in total. The highest BCUT2D eigenvalue weighted by molar-refractivity contribution is 5.47. The molecule has 1 heteroatoms. The predicted molar refractivity (Wildman–Crippen MR) is 138 cm³/mol. The molecule has 0 heterocycles. The quantitative estimate of drug-likeness (QED) is 0.402. The third-order valence-electron chi connectivity index (χ3n) is 10.4. The lowest BCUT2D eigenvalue weighted by Gasteiger charge is -2.59. The Morgan fingerprint density at radius 3 is 2.26 bits per heavy atom. The van der Waals surface area contributed by atoms with Crippen LogP contribution in [0.15, 0.2) is 24.3 Å². The smallest absolute Gasteiger partial charge is 0.0361 e. The molecule has 1 aromatic rings. The van der Waals surface area contributed by atoms with Crippen LogP contribution in [0.1, 0.15) is 105 Å². The molecule has 2 aliphatic carbocycles. The van der Waals surface area contributed by atoms with Gasteiger partial charge in [-0.15, -0.1) is 0 Å². The molecule has 176 valence electrons. The summed E-state index contributed by atoms with van der Waals surface area (Å²) in [6.45, 7) is 17.8. The fraction of sp³-hybridized carbons (Fsp3) is 0.800. The second kappa shape index (κ2) is 9.48. The summed E-state index contributed by atoms with van der Waals surface area (Å²) in [6, 6.07) is 9.67. The van der Waals surface area contributed by atoms with Crippen molar-refractivity contribution in [3.63, 3.8) is 0 Å². The van der Waals surface area contributed by atoms with Gasteiger partial charge in [0.25, 0.3) is 0 Å². The second-order valence-electron chi connectivity index (χ2n) is 12.2. The number of fused-ring (bicyclic) bond motifs is 1. The first-order chi connectivity index (χ1) is 14.6. The summed E-state index contributed by atoms with van der Waals surface area (Å²) in [6.07, 6.45) is 9.69. The molecule has 0 aliphatic heterocycles. The van der Waals surface area contributed by atoms with E-state index in [9.17, 15) is 0 Å². The number of unbranched alkanes of at least 4 members (excludes halogenated alkanes) is 1. The van der Waals surface area contributed by atoms with Gasteiger partial charge in [-0.05, 0) is 89.7 Å². The molecular formula is C30H51N. The van der Waals surface area contributed by atoms with Gasteiger partial charge in [-0.3, -0.25) is 0 Å². The van der Waals surface area contributed by atoms with Crippen LogP contribution in [0.2, 0.25) is 0 Å². The SMILES string of the molecule is CCCCC(C)(C(C)C)C1C(c2ccc(N(C)C)cc2)CC2(C)C(C)CCC2C1CC. The maximum absolute atomic E-state index is 2.67. The Kier molecular flexibility index (Phi) is 7.54. The first kappa shape index (κ1) is 24.7. The van der Waals surface area contributed by atoms with Crippen molar-refractivity contribution in [3.05, 3.63) is 29.8 Å². The van der Waals surface area contributed by atoms with Crippen molar-refractivity contribution >= 4 is 5.69 Å². The van der Waals surface area contributed by atoms with E-state index in [4.69, 9.17) is 0 Å². The van der Waals surface area contributed by atoms with E-state index in [1.165, 1.54) is 50.6 Å². The van der Waals surface area contributed by atoms with Crippen molar-refractivity contribution in [1.29, 1.82) is 0 Å². The minimum Gasteiger partial charge on any atom is -0.378 e. The van der Waals surface area contributed by atoms with Crippen LogP contribution in [0.4, 0.5) is 5.69 Å². The number of nitrogens with zero attached hydrogens (tertiary/aromatic N) is 1. The molecule has 2 saturated carbocycles. The first-order valence-corrected chi connectivity index (χ1v) is 13.4. The summed E-state index contributed by atoms with van der Waals surface area (Å²) < 4.78 is 0. The van der Waals surface area contributed by atoms with E-state index in [2.05, 4.69) is 91.7 Å². The minimum absolute atomic E-state index is 0.411. The molecule has 31 heavy (non-hydrogen) atoms. The molecular weight excluding hydrogens is 374 g/mol. The fourth-order valence-electron chi connectivity index (χ4n) is 7.89. The van der Waals surface area contributed by atoms with Crippen molar-refractivity contribution in [2.24, 2.45) is 40.4 Å². The van der Waals surface area contributed by atoms with Crippen LogP contribution in [0.3, 0.4) is 0 Å².